The van der Waals surface area contributed by atoms with Gasteiger partial charge in [0.25, 0.3) is 0 Å². The Morgan fingerprint density at radius 2 is 1.97 bits per heavy atom. The van der Waals surface area contributed by atoms with Crippen molar-refractivity contribution in [1.82, 2.24) is 9.80 Å². The van der Waals surface area contributed by atoms with Crippen LogP contribution in [0.5, 0.6) is 5.75 Å². The lowest BCUT2D eigenvalue weighted by Crippen LogP contribution is -2.56. The molecule has 5 nitrogen and oxygen atoms in total. The summed E-state index contributed by atoms with van der Waals surface area (Å²) in [6.45, 7) is 3.51. The van der Waals surface area contributed by atoms with Gasteiger partial charge in [-0.2, -0.15) is 0 Å². The van der Waals surface area contributed by atoms with Gasteiger partial charge in [-0.1, -0.05) is 35.9 Å². The highest BCUT2D eigenvalue weighted by molar-refractivity contribution is 6.33. The van der Waals surface area contributed by atoms with Crippen LogP contribution in [0.15, 0.2) is 65.1 Å². The fourth-order valence-electron chi connectivity index (χ4n) is 5.43. The van der Waals surface area contributed by atoms with E-state index in [1.165, 1.54) is 5.56 Å². The zero-order valence-electron chi connectivity index (χ0n) is 19.6. The van der Waals surface area contributed by atoms with Crippen LogP contribution in [-0.2, 0) is 17.8 Å². The van der Waals surface area contributed by atoms with Crippen molar-refractivity contribution in [2.24, 2.45) is 5.92 Å². The number of piperidine rings is 2. The molecule has 178 valence electrons. The van der Waals surface area contributed by atoms with Crippen LogP contribution in [-0.4, -0.2) is 48.5 Å². The van der Waals surface area contributed by atoms with Gasteiger partial charge in [0.05, 0.1) is 18.7 Å². The van der Waals surface area contributed by atoms with Crippen molar-refractivity contribution in [3.8, 4) is 17.1 Å². The minimum absolute atomic E-state index is 0.299. The summed E-state index contributed by atoms with van der Waals surface area (Å²) in [4.78, 5) is 17.4. The Labute approximate surface area is 206 Å². The molecule has 34 heavy (non-hydrogen) atoms. The van der Waals surface area contributed by atoms with E-state index in [0.29, 0.717) is 29.3 Å². The molecule has 1 amide bonds. The fraction of sp³-hybridized carbons (Fsp3) is 0.393. The Kier molecular flexibility index (Phi) is 6.93. The van der Waals surface area contributed by atoms with Crippen LogP contribution >= 0.6 is 11.6 Å². The summed E-state index contributed by atoms with van der Waals surface area (Å²) in [5.41, 5.74) is 2.13. The molecule has 0 radical (unpaired) electrons. The largest absolute Gasteiger partial charge is 0.497 e. The molecule has 2 atom stereocenters. The number of carbonyl (C=O) groups is 1. The average molecular weight is 479 g/mol. The maximum Gasteiger partial charge on any atom is 0.222 e. The van der Waals surface area contributed by atoms with Gasteiger partial charge in [0, 0.05) is 37.7 Å². The maximum absolute atomic E-state index is 12.8. The number of furan rings is 1. The van der Waals surface area contributed by atoms with Crippen molar-refractivity contribution < 1.29 is 13.9 Å². The molecule has 0 bridgehead atoms. The predicted molar refractivity (Wildman–Crippen MR) is 134 cm³/mol. The van der Waals surface area contributed by atoms with Crippen LogP contribution in [0.2, 0.25) is 5.02 Å². The summed E-state index contributed by atoms with van der Waals surface area (Å²) in [7, 11) is 1.69. The second kappa shape index (κ2) is 10.2. The molecule has 5 rings (SSSR count). The van der Waals surface area contributed by atoms with E-state index in [1.807, 2.05) is 42.5 Å². The van der Waals surface area contributed by atoms with Crippen molar-refractivity contribution in [2.75, 3.05) is 26.7 Å². The highest BCUT2D eigenvalue weighted by Crippen LogP contribution is 2.33. The number of likely N-dealkylation sites (tertiary alicyclic amines) is 2. The summed E-state index contributed by atoms with van der Waals surface area (Å²) >= 11 is 6.33. The first-order valence-electron chi connectivity index (χ1n) is 12.1. The monoisotopic (exact) mass is 478 g/mol. The lowest BCUT2D eigenvalue weighted by atomic mass is 9.83. The lowest BCUT2D eigenvalue weighted by Gasteiger charge is -2.47. The molecule has 2 aliphatic heterocycles. The molecule has 2 aliphatic rings. The molecule has 3 aromatic rings. The minimum atomic E-state index is 0.299. The number of rotatable bonds is 7. The van der Waals surface area contributed by atoms with E-state index < -0.39 is 0 Å². The fourth-order valence-corrected chi connectivity index (χ4v) is 5.66. The quantitative estimate of drug-likeness (QED) is 0.439. The molecule has 0 N–H and O–H groups in total. The average Bonchev–Trinajstić information content (AvgIpc) is 3.32. The number of nitrogens with zero attached hydrogens (tertiary/aromatic N) is 2. The predicted octanol–water partition coefficient (Wildman–Crippen LogP) is 5.66. The molecule has 0 aliphatic carbocycles. The van der Waals surface area contributed by atoms with Crippen LogP contribution in [0.4, 0.5) is 0 Å². The highest BCUT2D eigenvalue weighted by Gasteiger charge is 2.39. The zero-order chi connectivity index (χ0) is 23.5. The molecule has 0 spiro atoms. The lowest BCUT2D eigenvalue weighted by molar-refractivity contribution is -0.141. The van der Waals surface area contributed by atoms with Crippen LogP contribution in [0.1, 0.15) is 30.6 Å². The van der Waals surface area contributed by atoms with Gasteiger partial charge in [-0.05, 0) is 67.1 Å². The van der Waals surface area contributed by atoms with E-state index in [1.54, 1.807) is 7.11 Å². The Hall–Kier alpha value is -2.76. The number of carbonyl (C=O) groups excluding carboxylic acids is 1. The Morgan fingerprint density at radius 1 is 1.09 bits per heavy atom. The first-order valence-corrected chi connectivity index (χ1v) is 12.5. The molecule has 3 heterocycles. The Morgan fingerprint density at radius 3 is 2.82 bits per heavy atom. The number of benzene rings is 2. The minimum Gasteiger partial charge on any atom is -0.497 e. The number of hydrogen-bond acceptors (Lipinski definition) is 4. The van der Waals surface area contributed by atoms with E-state index in [9.17, 15) is 4.79 Å². The van der Waals surface area contributed by atoms with Crippen LogP contribution < -0.4 is 4.74 Å². The molecule has 2 saturated heterocycles. The van der Waals surface area contributed by atoms with Gasteiger partial charge >= 0.3 is 0 Å². The second-order valence-electron chi connectivity index (χ2n) is 9.32. The van der Waals surface area contributed by atoms with Crippen molar-refractivity contribution in [2.45, 2.75) is 38.3 Å². The molecular formula is C28H31ClN2O3. The van der Waals surface area contributed by atoms with E-state index >= 15 is 0 Å². The SMILES string of the molecule is COc1cccc(CCN2C(=O)CC[C@@H]3CN(Cc4ccc(-c5ccccc5Cl)o4)CC[C@@H]32)c1. The standard InChI is InChI=1S/C28H31ClN2O3/c1-33-22-6-4-5-20(17-22)13-16-31-26-14-15-30(18-21(26)9-12-28(31)32)19-23-10-11-27(34-23)24-7-2-3-8-25(24)29/h2-8,10-11,17,21,26H,9,12-16,18-19H2,1H3/t21-,26+/m1/s1. The van der Waals surface area contributed by atoms with Gasteiger partial charge in [-0.3, -0.25) is 9.69 Å². The first kappa shape index (κ1) is 23.0. The topological polar surface area (TPSA) is 45.9 Å². The van der Waals surface area contributed by atoms with E-state index in [2.05, 4.69) is 28.0 Å². The van der Waals surface area contributed by atoms with Crippen LogP contribution in [0.3, 0.4) is 0 Å². The third-order valence-electron chi connectivity index (χ3n) is 7.18. The Bertz CT molecular complexity index is 1140. The van der Waals surface area contributed by atoms with Crippen molar-refractivity contribution in [1.29, 1.82) is 0 Å². The molecule has 0 unspecified atom stereocenters. The second-order valence-corrected chi connectivity index (χ2v) is 9.73. The normalized spacial score (nSPS) is 20.9. The van der Waals surface area contributed by atoms with E-state index in [4.69, 9.17) is 20.8 Å². The number of ether oxygens (including phenoxy) is 1. The molecule has 2 aromatic carbocycles. The maximum atomic E-state index is 12.8. The molecule has 1 aromatic heterocycles. The van der Waals surface area contributed by atoms with Gasteiger partial charge in [0.1, 0.15) is 17.3 Å². The third-order valence-corrected chi connectivity index (χ3v) is 7.51. The highest BCUT2D eigenvalue weighted by atomic mass is 35.5. The molecular weight excluding hydrogens is 448 g/mol. The summed E-state index contributed by atoms with van der Waals surface area (Å²) < 4.78 is 11.5. The number of amides is 1. The number of fused-ring (bicyclic) bond motifs is 1. The van der Waals surface area contributed by atoms with Crippen molar-refractivity contribution in [3.63, 3.8) is 0 Å². The van der Waals surface area contributed by atoms with Gasteiger partial charge in [0.2, 0.25) is 5.91 Å². The van der Waals surface area contributed by atoms with Crippen LogP contribution in [0, 0.1) is 5.92 Å². The van der Waals surface area contributed by atoms with Gasteiger partial charge in [-0.25, -0.2) is 0 Å². The molecule has 6 heteroatoms. The number of halogens is 1. The zero-order valence-corrected chi connectivity index (χ0v) is 20.3. The van der Waals surface area contributed by atoms with E-state index in [0.717, 1.165) is 68.3 Å². The van der Waals surface area contributed by atoms with Crippen molar-refractivity contribution in [3.05, 3.63) is 77.0 Å². The van der Waals surface area contributed by atoms with Gasteiger partial charge in [-0.15, -0.1) is 0 Å². The summed E-state index contributed by atoms with van der Waals surface area (Å²) in [6, 6.07) is 20.3. The van der Waals surface area contributed by atoms with Crippen LogP contribution in [0.25, 0.3) is 11.3 Å². The van der Waals surface area contributed by atoms with Crippen molar-refractivity contribution >= 4 is 17.5 Å². The van der Waals surface area contributed by atoms with Gasteiger partial charge < -0.3 is 14.1 Å². The van der Waals surface area contributed by atoms with E-state index in [-0.39, 0.29) is 0 Å². The first-order chi connectivity index (χ1) is 16.6. The number of methoxy groups -OCH3 is 1. The third kappa shape index (κ3) is 5.01. The Balaban J connectivity index is 1.20. The molecule has 2 fully saturated rings. The number of hydrogen-bond donors (Lipinski definition) is 0. The van der Waals surface area contributed by atoms with Gasteiger partial charge in [0.15, 0.2) is 0 Å². The summed E-state index contributed by atoms with van der Waals surface area (Å²) in [5, 5.41) is 0.699. The summed E-state index contributed by atoms with van der Waals surface area (Å²) in [5.74, 6) is 3.43. The summed E-state index contributed by atoms with van der Waals surface area (Å²) in [6.07, 6.45) is 3.48. The smallest absolute Gasteiger partial charge is 0.222 e. The molecule has 0 saturated carbocycles.